The number of rotatable bonds is 9. The van der Waals surface area contributed by atoms with E-state index in [4.69, 9.17) is 0 Å². The maximum atomic E-state index is 4.65. The van der Waals surface area contributed by atoms with Gasteiger partial charge in [0.2, 0.25) is 0 Å². The van der Waals surface area contributed by atoms with Gasteiger partial charge in [-0.3, -0.25) is 4.68 Å². The molecular formula is C24H38N4. The minimum Gasteiger partial charge on any atom is -0.303 e. The Bertz CT molecular complexity index is 736. The molecule has 0 amide bonds. The maximum absolute atomic E-state index is 4.65. The Hall–Kier alpha value is -1.65. The van der Waals surface area contributed by atoms with Crippen LogP contribution in [-0.4, -0.2) is 52.8 Å². The molecule has 1 fully saturated rings. The quantitative estimate of drug-likeness (QED) is 0.646. The van der Waals surface area contributed by atoms with Crippen LogP contribution in [-0.2, 0) is 19.5 Å². The third-order valence-electron chi connectivity index (χ3n) is 6.07. The summed E-state index contributed by atoms with van der Waals surface area (Å²) in [6.07, 6.45) is 7.24. The number of benzene rings is 1. The molecule has 0 unspecified atom stereocenters. The van der Waals surface area contributed by atoms with Gasteiger partial charge in [-0.05, 0) is 70.2 Å². The second-order valence-electron chi connectivity index (χ2n) is 8.68. The molecule has 1 saturated heterocycles. The summed E-state index contributed by atoms with van der Waals surface area (Å²) in [5, 5.41) is 4.65. The molecule has 1 aliphatic heterocycles. The maximum Gasteiger partial charge on any atom is 0.0638 e. The molecule has 154 valence electrons. The minimum atomic E-state index is 0.779. The van der Waals surface area contributed by atoms with E-state index in [1.165, 1.54) is 67.8 Å². The number of aromatic nitrogens is 2. The van der Waals surface area contributed by atoms with Gasteiger partial charge in [-0.1, -0.05) is 31.2 Å². The van der Waals surface area contributed by atoms with E-state index in [1.54, 1.807) is 0 Å². The highest BCUT2D eigenvalue weighted by Crippen LogP contribution is 2.19. The zero-order valence-electron chi connectivity index (χ0n) is 18.3. The van der Waals surface area contributed by atoms with Crippen LogP contribution >= 0.6 is 0 Å². The van der Waals surface area contributed by atoms with Crippen molar-refractivity contribution in [3.8, 4) is 0 Å². The molecule has 4 nitrogen and oxygen atoms in total. The van der Waals surface area contributed by atoms with Gasteiger partial charge in [-0.15, -0.1) is 0 Å². The Morgan fingerprint density at radius 1 is 1.14 bits per heavy atom. The topological polar surface area (TPSA) is 24.3 Å². The number of piperidine rings is 1. The molecule has 2 heterocycles. The summed E-state index contributed by atoms with van der Waals surface area (Å²) < 4.78 is 2.10. The van der Waals surface area contributed by atoms with Gasteiger partial charge in [0.15, 0.2) is 0 Å². The van der Waals surface area contributed by atoms with Crippen molar-refractivity contribution in [1.82, 2.24) is 19.6 Å². The molecule has 0 N–H and O–H groups in total. The number of likely N-dealkylation sites (tertiary alicyclic amines) is 1. The molecular weight excluding hydrogens is 344 g/mol. The molecule has 1 aromatic heterocycles. The van der Waals surface area contributed by atoms with Gasteiger partial charge in [0.1, 0.15) is 0 Å². The van der Waals surface area contributed by atoms with Crippen LogP contribution in [0.3, 0.4) is 0 Å². The van der Waals surface area contributed by atoms with Crippen LogP contribution < -0.4 is 0 Å². The second kappa shape index (κ2) is 10.2. The van der Waals surface area contributed by atoms with E-state index in [2.05, 4.69) is 77.9 Å². The van der Waals surface area contributed by atoms with Gasteiger partial charge in [0.05, 0.1) is 5.69 Å². The SMILES string of the molecule is CCCn1cc(CN(C)C[C@@H]2CCCN(CCc3ccccc3C)C2)c(C)n1. The van der Waals surface area contributed by atoms with Crippen molar-refractivity contribution in [2.45, 2.75) is 59.5 Å². The Kier molecular flexibility index (Phi) is 7.69. The molecule has 1 aromatic carbocycles. The van der Waals surface area contributed by atoms with Gasteiger partial charge >= 0.3 is 0 Å². The van der Waals surface area contributed by atoms with Crippen LogP contribution in [0.2, 0.25) is 0 Å². The lowest BCUT2D eigenvalue weighted by atomic mass is 9.96. The highest BCUT2D eigenvalue weighted by atomic mass is 15.3. The summed E-state index contributed by atoms with van der Waals surface area (Å²) in [6.45, 7) is 13.5. The normalized spacial score (nSPS) is 18.1. The first kappa shape index (κ1) is 21.1. The van der Waals surface area contributed by atoms with E-state index in [0.29, 0.717) is 0 Å². The molecule has 0 spiro atoms. The third-order valence-corrected chi connectivity index (χ3v) is 6.07. The second-order valence-corrected chi connectivity index (χ2v) is 8.68. The van der Waals surface area contributed by atoms with Crippen LogP contribution in [0, 0.1) is 19.8 Å². The van der Waals surface area contributed by atoms with Gasteiger partial charge in [0, 0.05) is 44.5 Å². The van der Waals surface area contributed by atoms with Crippen molar-refractivity contribution in [3.63, 3.8) is 0 Å². The fraction of sp³-hybridized carbons (Fsp3) is 0.625. The summed E-state index contributed by atoms with van der Waals surface area (Å²) in [4.78, 5) is 5.18. The predicted octanol–water partition coefficient (Wildman–Crippen LogP) is 4.30. The molecule has 0 saturated carbocycles. The monoisotopic (exact) mass is 382 g/mol. The van der Waals surface area contributed by atoms with E-state index < -0.39 is 0 Å². The summed E-state index contributed by atoms with van der Waals surface area (Å²) in [5.74, 6) is 0.779. The smallest absolute Gasteiger partial charge is 0.0638 e. The summed E-state index contributed by atoms with van der Waals surface area (Å²) in [6, 6.07) is 8.82. The van der Waals surface area contributed by atoms with Crippen LogP contribution in [0.25, 0.3) is 0 Å². The lowest BCUT2D eigenvalue weighted by Crippen LogP contribution is -2.40. The van der Waals surface area contributed by atoms with E-state index in [1.807, 2.05) is 0 Å². The Morgan fingerprint density at radius 2 is 1.96 bits per heavy atom. The molecule has 0 aliphatic carbocycles. The molecule has 2 aromatic rings. The molecule has 0 bridgehead atoms. The molecule has 3 rings (SSSR count). The van der Waals surface area contributed by atoms with Crippen LogP contribution in [0.1, 0.15) is 48.6 Å². The number of nitrogens with zero attached hydrogens (tertiary/aromatic N) is 4. The van der Waals surface area contributed by atoms with E-state index in [9.17, 15) is 0 Å². The standard InChI is InChI=1S/C24H38N4/c1-5-13-28-19-24(21(3)25-28)18-26(4)16-22-10-8-14-27(17-22)15-12-23-11-7-6-9-20(23)2/h6-7,9,11,19,22H,5,8,10,12-18H2,1-4H3/t22-/m0/s1. The van der Waals surface area contributed by atoms with Crippen molar-refractivity contribution < 1.29 is 0 Å². The zero-order valence-corrected chi connectivity index (χ0v) is 18.3. The zero-order chi connectivity index (χ0) is 19.9. The first-order chi connectivity index (χ1) is 13.5. The van der Waals surface area contributed by atoms with Crippen molar-refractivity contribution in [3.05, 3.63) is 52.8 Å². The number of hydrogen-bond acceptors (Lipinski definition) is 3. The van der Waals surface area contributed by atoms with Crippen molar-refractivity contribution in [1.29, 1.82) is 0 Å². The molecule has 1 atom stereocenters. The van der Waals surface area contributed by atoms with Crippen molar-refractivity contribution >= 4 is 0 Å². The lowest BCUT2D eigenvalue weighted by Gasteiger charge is -2.34. The minimum absolute atomic E-state index is 0.779. The highest BCUT2D eigenvalue weighted by molar-refractivity contribution is 5.25. The Morgan fingerprint density at radius 3 is 2.75 bits per heavy atom. The van der Waals surface area contributed by atoms with Gasteiger partial charge in [-0.2, -0.15) is 5.10 Å². The van der Waals surface area contributed by atoms with E-state index in [0.717, 1.165) is 25.4 Å². The van der Waals surface area contributed by atoms with Gasteiger partial charge in [0.25, 0.3) is 0 Å². The first-order valence-corrected chi connectivity index (χ1v) is 11.0. The fourth-order valence-electron chi connectivity index (χ4n) is 4.53. The van der Waals surface area contributed by atoms with Crippen LogP contribution in [0.15, 0.2) is 30.5 Å². The average Bonchev–Trinajstić information content (AvgIpc) is 3.00. The van der Waals surface area contributed by atoms with E-state index in [-0.39, 0.29) is 0 Å². The number of hydrogen-bond donors (Lipinski definition) is 0. The van der Waals surface area contributed by atoms with Gasteiger partial charge in [-0.25, -0.2) is 0 Å². The third kappa shape index (κ3) is 5.92. The molecule has 4 heteroatoms. The van der Waals surface area contributed by atoms with Crippen LogP contribution in [0.4, 0.5) is 0 Å². The van der Waals surface area contributed by atoms with Crippen molar-refractivity contribution in [2.24, 2.45) is 5.92 Å². The summed E-state index contributed by atoms with van der Waals surface area (Å²) in [7, 11) is 2.27. The van der Waals surface area contributed by atoms with E-state index >= 15 is 0 Å². The largest absolute Gasteiger partial charge is 0.303 e. The first-order valence-electron chi connectivity index (χ1n) is 11.0. The Labute approximate surface area is 171 Å². The fourth-order valence-corrected chi connectivity index (χ4v) is 4.53. The average molecular weight is 383 g/mol. The molecule has 0 radical (unpaired) electrons. The lowest BCUT2D eigenvalue weighted by molar-refractivity contribution is 0.142. The molecule has 28 heavy (non-hydrogen) atoms. The Balaban J connectivity index is 1.47. The molecule has 1 aliphatic rings. The predicted molar refractivity (Wildman–Crippen MR) is 118 cm³/mol. The highest BCUT2D eigenvalue weighted by Gasteiger charge is 2.21. The van der Waals surface area contributed by atoms with Crippen molar-refractivity contribution in [2.75, 3.05) is 33.2 Å². The number of aryl methyl sites for hydroxylation is 3. The van der Waals surface area contributed by atoms with Crippen LogP contribution in [0.5, 0.6) is 0 Å². The summed E-state index contributed by atoms with van der Waals surface area (Å²) >= 11 is 0. The van der Waals surface area contributed by atoms with Gasteiger partial charge < -0.3 is 9.80 Å². The summed E-state index contributed by atoms with van der Waals surface area (Å²) in [5.41, 5.74) is 5.49.